The number of fused-ring (bicyclic) bond motifs is 1. The third-order valence-corrected chi connectivity index (χ3v) is 4.30. The van der Waals surface area contributed by atoms with E-state index in [9.17, 15) is 0 Å². The first kappa shape index (κ1) is 7.65. The number of thiophene rings is 1. The van der Waals surface area contributed by atoms with E-state index in [2.05, 4.69) is 18.4 Å². The minimum Gasteiger partial charge on any atom is -0.324 e. The molecule has 2 rings (SSSR count). The molecule has 2 N–H and O–H groups in total. The van der Waals surface area contributed by atoms with Gasteiger partial charge >= 0.3 is 0 Å². The second kappa shape index (κ2) is 2.81. The van der Waals surface area contributed by atoms with E-state index in [4.69, 9.17) is 5.73 Å². The van der Waals surface area contributed by atoms with Crippen LogP contribution in [0.3, 0.4) is 0 Å². The van der Waals surface area contributed by atoms with Crippen LogP contribution in [-0.4, -0.2) is 5.25 Å². The highest BCUT2D eigenvalue weighted by Crippen LogP contribution is 2.42. The minimum atomic E-state index is 0.285. The lowest BCUT2D eigenvalue weighted by Gasteiger charge is -2.23. The number of hydrogen-bond acceptors (Lipinski definition) is 3. The summed E-state index contributed by atoms with van der Waals surface area (Å²) in [6.07, 6.45) is 1.12. The molecule has 0 saturated carbocycles. The third kappa shape index (κ3) is 1.33. The summed E-state index contributed by atoms with van der Waals surface area (Å²) in [5.74, 6) is 0. The van der Waals surface area contributed by atoms with Crippen LogP contribution in [0.1, 0.15) is 24.9 Å². The van der Waals surface area contributed by atoms with Crippen molar-refractivity contribution in [1.29, 1.82) is 0 Å². The van der Waals surface area contributed by atoms with E-state index in [0.29, 0.717) is 5.25 Å². The Morgan fingerprint density at radius 3 is 3.27 bits per heavy atom. The maximum Gasteiger partial charge on any atom is 0.0648 e. The molecule has 1 unspecified atom stereocenters. The van der Waals surface area contributed by atoms with Crippen LogP contribution < -0.4 is 5.73 Å². The predicted octanol–water partition coefficient (Wildman–Crippen LogP) is 2.63. The first-order chi connectivity index (χ1) is 5.27. The van der Waals surface area contributed by atoms with Gasteiger partial charge in [0.2, 0.25) is 0 Å². The molecule has 2 heterocycles. The van der Waals surface area contributed by atoms with Crippen molar-refractivity contribution < 1.29 is 0 Å². The Kier molecular flexibility index (Phi) is 1.95. The Morgan fingerprint density at radius 1 is 1.64 bits per heavy atom. The van der Waals surface area contributed by atoms with Gasteiger partial charge in [-0.2, -0.15) is 0 Å². The van der Waals surface area contributed by atoms with Crippen LogP contribution in [0.4, 0.5) is 0 Å². The number of thioether (sulfide) groups is 1. The van der Waals surface area contributed by atoms with Crippen LogP contribution in [0.2, 0.25) is 0 Å². The molecule has 0 amide bonds. The van der Waals surface area contributed by atoms with E-state index in [1.165, 1.54) is 9.77 Å². The van der Waals surface area contributed by atoms with Crippen LogP contribution in [0.15, 0.2) is 15.7 Å². The Morgan fingerprint density at radius 2 is 2.45 bits per heavy atom. The van der Waals surface area contributed by atoms with Gasteiger partial charge in [0.1, 0.15) is 0 Å². The zero-order chi connectivity index (χ0) is 7.84. The van der Waals surface area contributed by atoms with E-state index in [-0.39, 0.29) is 6.04 Å². The van der Waals surface area contributed by atoms with Crippen LogP contribution in [0.5, 0.6) is 0 Å². The number of rotatable bonds is 0. The molecular weight excluding hydrogens is 174 g/mol. The largest absolute Gasteiger partial charge is 0.324 e. The topological polar surface area (TPSA) is 26.0 Å². The summed E-state index contributed by atoms with van der Waals surface area (Å²) in [6, 6.07) is 2.44. The number of hydrogen-bond donors (Lipinski definition) is 1. The summed E-state index contributed by atoms with van der Waals surface area (Å²) in [7, 11) is 0. The molecule has 1 aliphatic heterocycles. The molecule has 0 aliphatic carbocycles. The fraction of sp³-hybridized carbons (Fsp3) is 0.500. The highest BCUT2D eigenvalue weighted by atomic mass is 32.2. The first-order valence-electron chi connectivity index (χ1n) is 3.77. The van der Waals surface area contributed by atoms with Gasteiger partial charge in [-0.1, -0.05) is 6.92 Å². The molecule has 2 atom stereocenters. The summed E-state index contributed by atoms with van der Waals surface area (Å²) < 4.78 is 1.43. The zero-order valence-corrected chi connectivity index (χ0v) is 8.04. The van der Waals surface area contributed by atoms with Crippen molar-refractivity contribution in [3.63, 3.8) is 0 Å². The molecule has 0 bridgehead atoms. The maximum atomic E-state index is 5.97. The summed E-state index contributed by atoms with van der Waals surface area (Å²) in [5, 5.41) is 2.83. The predicted molar refractivity (Wildman–Crippen MR) is 51.2 cm³/mol. The molecule has 1 aromatic heterocycles. The van der Waals surface area contributed by atoms with Gasteiger partial charge in [-0.25, -0.2) is 0 Å². The summed E-state index contributed by atoms with van der Waals surface area (Å²) in [5.41, 5.74) is 7.33. The van der Waals surface area contributed by atoms with Crippen LogP contribution in [0.25, 0.3) is 0 Å². The SMILES string of the molecule is C[C@H]1CC(N)c2ccsc2S1. The Labute approximate surface area is 75.0 Å². The molecule has 1 nitrogen and oxygen atoms in total. The van der Waals surface area contributed by atoms with Crippen molar-refractivity contribution in [3.05, 3.63) is 17.0 Å². The third-order valence-electron chi connectivity index (χ3n) is 1.95. The summed E-state index contributed by atoms with van der Waals surface area (Å²) in [4.78, 5) is 0. The lowest BCUT2D eigenvalue weighted by atomic mass is 10.1. The molecular formula is C8H11NS2. The standard InChI is InChI=1S/C8H11NS2/c1-5-4-7(9)6-2-3-10-8(6)11-5/h2-3,5,7H,4,9H2,1H3/t5-,7?/m0/s1. The van der Waals surface area contributed by atoms with Gasteiger partial charge in [0.15, 0.2) is 0 Å². The second-order valence-corrected chi connectivity index (χ2v) is 5.56. The lowest BCUT2D eigenvalue weighted by Crippen LogP contribution is -2.18. The van der Waals surface area contributed by atoms with Crippen LogP contribution in [0, 0.1) is 0 Å². The zero-order valence-electron chi connectivity index (χ0n) is 6.41. The monoisotopic (exact) mass is 185 g/mol. The smallest absolute Gasteiger partial charge is 0.0648 e. The maximum absolute atomic E-state index is 5.97. The molecule has 0 aromatic carbocycles. The molecule has 3 heteroatoms. The van der Waals surface area contributed by atoms with E-state index in [1.807, 2.05) is 23.1 Å². The van der Waals surface area contributed by atoms with Crippen LogP contribution >= 0.6 is 23.1 Å². The Balaban J connectivity index is 2.36. The van der Waals surface area contributed by atoms with Crippen molar-refractivity contribution in [3.8, 4) is 0 Å². The molecule has 60 valence electrons. The summed E-state index contributed by atoms with van der Waals surface area (Å²) in [6.45, 7) is 2.24. The molecule has 0 radical (unpaired) electrons. The average molecular weight is 185 g/mol. The molecule has 0 saturated heterocycles. The van der Waals surface area contributed by atoms with Gasteiger partial charge in [0.05, 0.1) is 4.21 Å². The fourth-order valence-electron chi connectivity index (χ4n) is 1.39. The normalized spacial score (nSPS) is 30.0. The van der Waals surface area contributed by atoms with Crippen molar-refractivity contribution in [1.82, 2.24) is 0 Å². The molecule has 0 spiro atoms. The Bertz CT molecular complexity index is 256. The van der Waals surface area contributed by atoms with E-state index >= 15 is 0 Å². The van der Waals surface area contributed by atoms with Crippen LogP contribution in [-0.2, 0) is 0 Å². The molecule has 11 heavy (non-hydrogen) atoms. The minimum absolute atomic E-state index is 0.285. The van der Waals surface area contributed by atoms with E-state index in [0.717, 1.165) is 6.42 Å². The van der Waals surface area contributed by atoms with Gasteiger partial charge in [0.25, 0.3) is 0 Å². The highest BCUT2D eigenvalue weighted by Gasteiger charge is 2.22. The lowest BCUT2D eigenvalue weighted by molar-refractivity contribution is 0.631. The quantitative estimate of drug-likeness (QED) is 0.672. The van der Waals surface area contributed by atoms with Crippen molar-refractivity contribution in [2.24, 2.45) is 5.73 Å². The van der Waals surface area contributed by atoms with Gasteiger partial charge in [-0.3, -0.25) is 0 Å². The van der Waals surface area contributed by atoms with Crippen molar-refractivity contribution >= 4 is 23.1 Å². The Hall–Kier alpha value is 0.01000. The second-order valence-electron chi connectivity index (χ2n) is 2.93. The number of nitrogens with two attached hydrogens (primary N) is 1. The fourth-order valence-corrected chi connectivity index (χ4v) is 3.99. The van der Waals surface area contributed by atoms with E-state index in [1.54, 1.807) is 0 Å². The van der Waals surface area contributed by atoms with Gasteiger partial charge in [-0.15, -0.1) is 23.1 Å². The summed E-state index contributed by atoms with van der Waals surface area (Å²) >= 11 is 3.78. The molecule has 1 aromatic rings. The first-order valence-corrected chi connectivity index (χ1v) is 5.53. The van der Waals surface area contributed by atoms with Gasteiger partial charge in [0, 0.05) is 11.3 Å². The average Bonchev–Trinajstić information content (AvgIpc) is 2.34. The van der Waals surface area contributed by atoms with E-state index < -0.39 is 0 Å². The molecule has 1 aliphatic rings. The van der Waals surface area contributed by atoms with Crippen molar-refractivity contribution in [2.45, 2.75) is 28.8 Å². The van der Waals surface area contributed by atoms with Gasteiger partial charge in [-0.05, 0) is 23.4 Å². The van der Waals surface area contributed by atoms with Crippen molar-refractivity contribution in [2.75, 3.05) is 0 Å². The molecule has 0 fully saturated rings. The highest BCUT2D eigenvalue weighted by molar-refractivity contribution is 8.01. The van der Waals surface area contributed by atoms with Gasteiger partial charge < -0.3 is 5.73 Å².